The van der Waals surface area contributed by atoms with Crippen molar-refractivity contribution in [3.8, 4) is 0 Å². The second-order valence-electron chi connectivity index (χ2n) is 11.6. The zero-order valence-corrected chi connectivity index (χ0v) is 23.1. The Morgan fingerprint density at radius 2 is 1.59 bits per heavy atom. The summed E-state index contributed by atoms with van der Waals surface area (Å²) in [4.78, 5) is 25.3. The molecule has 0 bridgehead atoms. The van der Waals surface area contributed by atoms with E-state index in [4.69, 9.17) is 9.47 Å². The second-order valence-corrected chi connectivity index (χ2v) is 11.6. The number of hydrogen-bond donors (Lipinski definition) is 1. The van der Waals surface area contributed by atoms with Gasteiger partial charge in [-0.1, -0.05) is 71.4 Å². The molecule has 0 aliphatic rings. The van der Waals surface area contributed by atoms with E-state index in [0.29, 0.717) is 25.0 Å². The molecule has 1 rings (SSSR count). The molecule has 0 aromatic heterocycles. The van der Waals surface area contributed by atoms with Gasteiger partial charge >= 0.3 is 5.97 Å². The first kappa shape index (κ1) is 30.2. The molecule has 1 aromatic carbocycles. The van der Waals surface area contributed by atoms with E-state index in [1.807, 2.05) is 33.8 Å². The molecular weight excluding hydrogens is 426 g/mol. The fourth-order valence-electron chi connectivity index (χ4n) is 4.03. The topological polar surface area (TPSA) is 64.6 Å². The van der Waals surface area contributed by atoms with Crippen LogP contribution in [-0.2, 0) is 19.1 Å². The number of benzene rings is 1. The van der Waals surface area contributed by atoms with E-state index in [1.54, 1.807) is 0 Å². The molecule has 0 saturated carbocycles. The Balaban J connectivity index is 2.60. The average molecular weight is 476 g/mol. The summed E-state index contributed by atoms with van der Waals surface area (Å²) in [5.74, 6) is 0.481. The molecule has 34 heavy (non-hydrogen) atoms. The molecule has 0 heterocycles. The molecule has 1 N–H and O–H groups in total. The average Bonchev–Trinajstić information content (AvgIpc) is 2.74. The molecule has 5 nitrogen and oxygen atoms in total. The van der Waals surface area contributed by atoms with E-state index in [2.05, 4.69) is 64.2 Å². The molecule has 0 aliphatic heterocycles. The molecule has 0 aliphatic carbocycles. The van der Waals surface area contributed by atoms with Gasteiger partial charge in [-0.15, -0.1) is 0 Å². The zero-order valence-electron chi connectivity index (χ0n) is 23.1. The number of nitrogens with one attached hydrogen (secondary N) is 1. The minimum absolute atomic E-state index is 0.0974. The first-order chi connectivity index (χ1) is 15.7. The van der Waals surface area contributed by atoms with Crippen molar-refractivity contribution in [3.05, 3.63) is 35.9 Å². The van der Waals surface area contributed by atoms with E-state index in [0.717, 1.165) is 19.3 Å². The predicted octanol–water partition coefficient (Wildman–Crippen LogP) is 6.51. The zero-order chi connectivity index (χ0) is 26.0. The van der Waals surface area contributed by atoms with Crippen molar-refractivity contribution in [2.75, 3.05) is 19.8 Å². The van der Waals surface area contributed by atoms with Crippen LogP contribution in [0.25, 0.3) is 0 Å². The number of ether oxygens (including phenoxy) is 2. The molecule has 1 atom stereocenters. The number of carbonyl (C=O) groups excluding carboxylic acids is 2. The molecule has 1 aromatic rings. The van der Waals surface area contributed by atoms with E-state index in [9.17, 15) is 9.59 Å². The lowest BCUT2D eigenvalue weighted by Crippen LogP contribution is -2.43. The smallest absolute Gasteiger partial charge is 0.312 e. The summed E-state index contributed by atoms with van der Waals surface area (Å²) in [6.45, 7) is 19.8. The highest BCUT2D eigenvalue weighted by atomic mass is 16.5. The van der Waals surface area contributed by atoms with Crippen LogP contribution in [0.2, 0.25) is 0 Å². The van der Waals surface area contributed by atoms with Gasteiger partial charge in [0.05, 0.1) is 24.0 Å². The van der Waals surface area contributed by atoms with Gasteiger partial charge in [-0.05, 0) is 63.4 Å². The summed E-state index contributed by atoms with van der Waals surface area (Å²) in [5.41, 5.74) is -0.154. The minimum atomic E-state index is -0.673. The van der Waals surface area contributed by atoms with E-state index < -0.39 is 11.0 Å². The van der Waals surface area contributed by atoms with Crippen LogP contribution in [0.15, 0.2) is 30.3 Å². The summed E-state index contributed by atoms with van der Waals surface area (Å²) in [6, 6.07) is 10.5. The number of amides is 1. The number of hydrogen-bond acceptors (Lipinski definition) is 4. The van der Waals surface area contributed by atoms with Crippen molar-refractivity contribution >= 4 is 11.9 Å². The third-order valence-corrected chi connectivity index (χ3v) is 7.20. The molecule has 0 radical (unpaired) electrons. The normalized spacial score (nSPS) is 13.6. The molecule has 0 spiro atoms. The maximum Gasteiger partial charge on any atom is 0.312 e. The van der Waals surface area contributed by atoms with Crippen LogP contribution in [0.1, 0.15) is 99.5 Å². The van der Waals surface area contributed by atoms with Crippen LogP contribution < -0.4 is 5.32 Å². The summed E-state index contributed by atoms with van der Waals surface area (Å²) in [6.07, 6.45) is 3.20. The SMILES string of the molecule is CCCCOC(C)(C)CC(=O)NCCOC(=O)C(C)(C)C(C)(C)CC(c1ccccc1)C(C)C. The van der Waals surface area contributed by atoms with Crippen molar-refractivity contribution in [3.63, 3.8) is 0 Å². The van der Waals surface area contributed by atoms with Gasteiger partial charge in [0.2, 0.25) is 5.91 Å². The maximum atomic E-state index is 13.1. The van der Waals surface area contributed by atoms with Crippen LogP contribution in [0, 0.1) is 16.7 Å². The number of carbonyl (C=O) groups is 2. The maximum absolute atomic E-state index is 13.1. The Kier molecular flexibility index (Phi) is 11.8. The van der Waals surface area contributed by atoms with E-state index in [1.165, 1.54) is 5.56 Å². The van der Waals surface area contributed by atoms with Crippen molar-refractivity contribution in [1.82, 2.24) is 5.32 Å². The van der Waals surface area contributed by atoms with Gasteiger partial charge in [-0.25, -0.2) is 0 Å². The fourth-order valence-corrected chi connectivity index (χ4v) is 4.03. The highest BCUT2D eigenvalue weighted by Crippen LogP contribution is 2.47. The fraction of sp³-hybridized carbons (Fsp3) is 0.724. The number of esters is 1. The van der Waals surface area contributed by atoms with Crippen LogP contribution in [0.5, 0.6) is 0 Å². The summed E-state index contributed by atoms with van der Waals surface area (Å²) in [5, 5.41) is 2.85. The van der Waals surface area contributed by atoms with Crippen LogP contribution in [0.3, 0.4) is 0 Å². The monoisotopic (exact) mass is 475 g/mol. The molecule has 5 heteroatoms. The first-order valence-corrected chi connectivity index (χ1v) is 12.9. The Bertz CT molecular complexity index is 753. The molecule has 1 amide bonds. The Hall–Kier alpha value is -1.88. The Morgan fingerprint density at radius 1 is 0.971 bits per heavy atom. The van der Waals surface area contributed by atoms with Gasteiger partial charge in [-0.3, -0.25) is 9.59 Å². The lowest BCUT2D eigenvalue weighted by atomic mass is 9.62. The van der Waals surface area contributed by atoms with Crippen LogP contribution in [-0.4, -0.2) is 37.2 Å². The Morgan fingerprint density at radius 3 is 2.15 bits per heavy atom. The van der Waals surface area contributed by atoms with Crippen LogP contribution >= 0.6 is 0 Å². The lowest BCUT2D eigenvalue weighted by Gasteiger charge is -2.42. The second kappa shape index (κ2) is 13.3. The summed E-state index contributed by atoms with van der Waals surface area (Å²) >= 11 is 0. The molecule has 0 fully saturated rings. The van der Waals surface area contributed by atoms with Crippen molar-refractivity contribution in [2.24, 2.45) is 16.7 Å². The third kappa shape index (κ3) is 9.40. The van der Waals surface area contributed by atoms with Gasteiger partial charge in [0.15, 0.2) is 0 Å². The largest absolute Gasteiger partial charge is 0.463 e. The van der Waals surface area contributed by atoms with E-state index in [-0.39, 0.29) is 30.3 Å². The van der Waals surface area contributed by atoms with Gasteiger partial charge in [-0.2, -0.15) is 0 Å². The molecular formula is C29H49NO4. The molecule has 0 saturated heterocycles. The van der Waals surface area contributed by atoms with Crippen molar-refractivity contribution in [2.45, 2.75) is 99.5 Å². The van der Waals surface area contributed by atoms with E-state index >= 15 is 0 Å². The highest BCUT2D eigenvalue weighted by molar-refractivity contribution is 5.78. The Labute approximate surface area is 208 Å². The minimum Gasteiger partial charge on any atom is -0.463 e. The van der Waals surface area contributed by atoms with Gasteiger partial charge in [0, 0.05) is 6.61 Å². The predicted molar refractivity (Wildman–Crippen MR) is 140 cm³/mol. The standard InChI is InChI=1S/C29H49NO4/c1-10-11-18-34-28(6,7)21-25(31)30-17-19-33-26(32)29(8,9)27(4,5)20-24(22(2)3)23-15-13-12-14-16-23/h12-16,22,24H,10-11,17-21H2,1-9H3,(H,30,31). The van der Waals surface area contributed by atoms with Gasteiger partial charge in [0.1, 0.15) is 6.61 Å². The van der Waals surface area contributed by atoms with Crippen LogP contribution in [0.4, 0.5) is 0 Å². The quantitative estimate of drug-likeness (QED) is 0.232. The summed E-state index contributed by atoms with van der Waals surface area (Å²) < 4.78 is 11.4. The number of rotatable bonds is 15. The van der Waals surface area contributed by atoms with Gasteiger partial charge in [0.25, 0.3) is 0 Å². The third-order valence-electron chi connectivity index (χ3n) is 7.20. The van der Waals surface area contributed by atoms with Gasteiger partial charge < -0.3 is 14.8 Å². The molecule has 194 valence electrons. The summed E-state index contributed by atoms with van der Waals surface area (Å²) in [7, 11) is 0. The molecule has 1 unspecified atom stereocenters. The van der Waals surface area contributed by atoms with Crippen molar-refractivity contribution < 1.29 is 19.1 Å². The number of unbranched alkanes of at least 4 members (excludes halogenated alkanes) is 1. The lowest BCUT2D eigenvalue weighted by molar-refractivity contribution is -0.161. The first-order valence-electron chi connectivity index (χ1n) is 12.9. The van der Waals surface area contributed by atoms with Crippen molar-refractivity contribution in [1.29, 1.82) is 0 Å². The highest BCUT2D eigenvalue weighted by Gasteiger charge is 2.45.